The molecule has 3 saturated heterocycles. The highest BCUT2D eigenvalue weighted by molar-refractivity contribution is 6.65. The van der Waals surface area contributed by atoms with E-state index in [1.54, 1.807) is 0 Å². The lowest BCUT2D eigenvalue weighted by Crippen LogP contribution is -2.67. The van der Waals surface area contributed by atoms with Gasteiger partial charge in [0.05, 0.1) is 18.3 Å². The second-order valence-electron chi connectivity index (χ2n) is 19.2. The Morgan fingerprint density at radius 1 is 0.774 bits per heavy atom. The van der Waals surface area contributed by atoms with Crippen LogP contribution in [0.2, 0.25) is 0 Å². The van der Waals surface area contributed by atoms with Crippen molar-refractivity contribution in [3.63, 3.8) is 0 Å². The van der Waals surface area contributed by atoms with E-state index in [1.807, 2.05) is 52.3 Å². The van der Waals surface area contributed by atoms with Crippen molar-refractivity contribution in [1.29, 1.82) is 0 Å². The van der Waals surface area contributed by atoms with Crippen molar-refractivity contribution in [2.45, 2.75) is 95.4 Å². The molecule has 5 N–H and O–H groups in total. The van der Waals surface area contributed by atoms with Crippen LogP contribution in [0, 0.1) is 17.3 Å². The minimum absolute atomic E-state index is 0.0299. The summed E-state index contributed by atoms with van der Waals surface area (Å²) in [5, 5.41) is 0.960. The third-order valence-electron chi connectivity index (χ3n) is 15.6. The van der Waals surface area contributed by atoms with Gasteiger partial charge in [-0.05, 0) is 137 Å². The number of nitrogens with two attached hydrogens (primary N) is 2. The maximum Gasteiger partial charge on any atom is 0.495 e. The molecule has 6 aliphatic rings. The van der Waals surface area contributed by atoms with Gasteiger partial charge in [0.25, 0.3) is 11.8 Å². The van der Waals surface area contributed by atoms with E-state index in [0.717, 1.165) is 84.9 Å². The van der Waals surface area contributed by atoms with E-state index in [4.69, 9.17) is 25.5 Å². The maximum atomic E-state index is 13.9. The van der Waals surface area contributed by atoms with Crippen LogP contribution < -0.4 is 21.7 Å². The second kappa shape index (κ2) is 16.6. The Balaban J connectivity index is 0.785. The topological polar surface area (TPSA) is 136 Å². The molecule has 62 heavy (non-hydrogen) atoms. The molecule has 0 radical (unpaired) electrons. The van der Waals surface area contributed by atoms with Crippen LogP contribution in [0.3, 0.4) is 0 Å². The van der Waals surface area contributed by atoms with Gasteiger partial charge in [-0.15, -0.1) is 0 Å². The van der Waals surface area contributed by atoms with E-state index >= 15 is 0 Å². The van der Waals surface area contributed by atoms with Crippen LogP contribution in [0.15, 0.2) is 97.1 Å². The lowest BCUT2D eigenvalue weighted by atomic mass is 9.43. The predicted molar refractivity (Wildman–Crippen MR) is 243 cm³/mol. The van der Waals surface area contributed by atoms with E-state index in [-0.39, 0.29) is 23.3 Å². The third kappa shape index (κ3) is 7.44. The van der Waals surface area contributed by atoms with Crippen LogP contribution in [0.25, 0.3) is 10.9 Å². The predicted octanol–water partition coefficient (Wildman–Crippen LogP) is 7.51. The molecule has 4 atom stereocenters. The van der Waals surface area contributed by atoms with E-state index in [9.17, 15) is 9.59 Å². The number of carbonyl (C=O) groups is 2. The lowest BCUT2D eigenvalue weighted by molar-refractivity contribution is -0.212. The highest BCUT2D eigenvalue weighted by atomic mass is 16.7. The van der Waals surface area contributed by atoms with Crippen LogP contribution in [-0.4, -0.2) is 78.2 Å². The highest BCUT2D eigenvalue weighted by Gasteiger charge is 2.69. The number of benzene rings is 4. The summed E-state index contributed by atoms with van der Waals surface area (Å²) >= 11 is 0. The van der Waals surface area contributed by atoms with Crippen LogP contribution >= 0.6 is 0 Å². The Labute approximate surface area is 365 Å². The van der Waals surface area contributed by atoms with Crippen LogP contribution in [-0.2, 0) is 22.4 Å². The molecule has 0 unspecified atom stereocenters. The minimum Gasteiger partial charge on any atom is -0.493 e. The number of piperidine rings is 2. The van der Waals surface area contributed by atoms with Gasteiger partial charge in [-0.25, -0.2) is 0 Å². The number of nitrogens with zero attached hydrogens (tertiary/aromatic N) is 2. The zero-order valence-electron chi connectivity index (χ0n) is 36.2. The summed E-state index contributed by atoms with van der Waals surface area (Å²) in [5.74, 6) is 2.64. The largest absolute Gasteiger partial charge is 0.495 e. The summed E-state index contributed by atoms with van der Waals surface area (Å²) in [7, 11) is -0.552. The molecular weight excluding hydrogens is 773 g/mol. The van der Waals surface area contributed by atoms with Crippen molar-refractivity contribution in [3.05, 3.63) is 131 Å². The number of carbonyl (C=O) groups excluding carboxylic acids is 2. The molecule has 2 bridgehead atoms. The van der Waals surface area contributed by atoms with Gasteiger partial charge in [0.2, 0.25) is 0 Å². The number of aromatic amines is 1. The Morgan fingerprint density at radius 3 is 2.00 bits per heavy atom. The molecule has 5 aromatic rings. The van der Waals surface area contributed by atoms with Gasteiger partial charge >= 0.3 is 7.12 Å². The number of hydrogen-bond acceptors (Lipinski definition) is 7. The lowest BCUT2D eigenvalue weighted by Gasteiger charge is -2.65. The molecule has 4 heterocycles. The van der Waals surface area contributed by atoms with Gasteiger partial charge in [-0.2, -0.15) is 0 Å². The van der Waals surface area contributed by atoms with E-state index in [1.165, 1.54) is 11.1 Å². The first-order chi connectivity index (χ1) is 30.1. The Bertz CT molecular complexity index is 2440. The number of rotatable bonds is 11. The molecule has 3 saturated carbocycles. The number of aromatic nitrogens is 1. The summed E-state index contributed by atoms with van der Waals surface area (Å²) in [4.78, 5) is 34.9. The van der Waals surface area contributed by atoms with Gasteiger partial charge in [0.15, 0.2) is 0 Å². The van der Waals surface area contributed by atoms with Gasteiger partial charge in [0.1, 0.15) is 11.4 Å². The second-order valence-corrected chi connectivity index (χ2v) is 19.2. The molecule has 11 rings (SSSR count). The molecule has 4 aromatic carbocycles. The summed E-state index contributed by atoms with van der Waals surface area (Å²) in [6.45, 7) is 9.21. The average molecular weight is 834 g/mol. The molecule has 3 aliphatic heterocycles. The maximum absolute atomic E-state index is 13.9. The quantitative estimate of drug-likeness (QED) is 0.117. The first kappa shape index (κ1) is 41.1. The minimum atomic E-state index is -0.552. The molecular formula is C51H60BN5O5. The summed E-state index contributed by atoms with van der Waals surface area (Å²) in [6, 6.07) is 32.9. The van der Waals surface area contributed by atoms with Crippen LogP contribution in [0.4, 0.5) is 0 Å². The number of ether oxygens (including phenoxy) is 1. The fraction of sp³-hybridized carbons (Fsp3) is 0.451. The van der Waals surface area contributed by atoms with E-state index in [2.05, 4.69) is 73.4 Å². The summed E-state index contributed by atoms with van der Waals surface area (Å²) < 4.78 is 20.6. The number of H-pyrrole nitrogens is 1. The van der Waals surface area contributed by atoms with Crippen molar-refractivity contribution in [2.24, 2.45) is 28.7 Å². The summed E-state index contributed by atoms with van der Waals surface area (Å²) in [6.07, 6.45) is 6.46. The zero-order chi connectivity index (χ0) is 42.6. The van der Waals surface area contributed by atoms with Crippen LogP contribution in [0.5, 0.6) is 5.75 Å². The van der Waals surface area contributed by atoms with E-state index < -0.39 is 12.7 Å². The molecule has 6 fully saturated rings. The van der Waals surface area contributed by atoms with Gasteiger partial charge in [-0.3, -0.25) is 9.59 Å². The van der Waals surface area contributed by atoms with Crippen molar-refractivity contribution >= 4 is 35.3 Å². The van der Waals surface area contributed by atoms with Gasteiger partial charge in [0, 0.05) is 56.8 Å². The monoisotopic (exact) mass is 833 g/mol. The van der Waals surface area contributed by atoms with Crippen molar-refractivity contribution in [3.8, 4) is 5.75 Å². The first-order valence-electron chi connectivity index (χ1n) is 23.0. The highest BCUT2D eigenvalue weighted by Crippen LogP contribution is 2.66. The van der Waals surface area contributed by atoms with Crippen molar-refractivity contribution in [1.82, 2.24) is 14.8 Å². The molecule has 10 nitrogen and oxygen atoms in total. The normalized spacial score (nSPS) is 24.8. The fourth-order valence-electron chi connectivity index (χ4n) is 11.8. The van der Waals surface area contributed by atoms with Crippen molar-refractivity contribution in [2.75, 3.05) is 32.8 Å². The molecule has 2 amide bonds. The Morgan fingerprint density at radius 2 is 1.39 bits per heavy atom. The molecule has 322 valence electrons. The zero-order valence-corrected chi connectivity index (χ0v) is 36.2. The third-order valence-corrected chi connectivity index (χ3v) is 15.6. The fourth-order valence-corrected chi connectivity index (χ4v) is 11.8. The average Bonchev–Trinajstić information content (AvgIpc) is 3.94. The first-order valence-corrected chi connectivity index (χ1v) is 23.0. The number of fused-ring (bicyclic) bond motifs is 1. The molecule has 11 heteroatoms. The smallest absolute Gasteiger partial charge is 0.493 e. The Hall–Kier alpha value is -4.94. The summed E-state index contributed by atoms with van der Waals surface area (Å²) in [5.41, 5.74) is 19.5. The van der Waals surface area contributed by atoms with Gasteiger partial charge < -0.3 is 40.3 Å². The molecule has 3 aliphatic carbocycles. The number of hydrogen-bond donors (Lipinski definition) is 3. The SMILES string of the molecule is CC1(C)[C@@H]2C[C@H]3OB(c4cccc5[nH]c(C(=O)N6CCC(c7cccc(CN)c7)CC6)cc45)O[C@@]3(CCOc3ccc(C(=O)N4CCC(c5cccc(CN)c5)CC4)cc3)[C@H]1C2. The van der Waals surface area contributed by atoms with E-state index in [0.29, 0.717) is 74.1 Å². The standard InChI is InChI=1S/C51H60BN5O5/c1-50(2)40-28-46(50)51(20-25-60-41-14-12-37(13-15-41)48(58)56-21-16-35(17-22-56)38-8-3-6-33(26-38)31-53)47(29-40)61-52(62-51)43-10-5-11-44-42(43)30-45(55-44)49(59)57-23-18-36(19-24-57)39-9-4-7-34(27-39)32-54/h3-15,26-27,30,35-36,40,46-47,55H,16-25,28-29,31-32,53-54H2,1-2H3/t40-,46-,47+,51-/m0/s1. The number of nitrogens with one attached hydrogen (secondary N) is 1. The van der Waals surface area contributed by atoms with Gasteiger partial charge in [-0.1, -0.05) is 74.5 Å². The van der Waals surface area contributed by atoms with Crippen LogP contribution in [0.1, 0.15) is 114 Å². The molecule has 1 aromatic heterocycles. The van der Waals surface area contributed by atoms with Crippen molar-refractivity contribution < 1.29 is 23.6 Å². The Kier molecular flexibility index (Phi) is 11.0. The number of amides is 2. The number of likely N-dealkylation sites (tertiary alicyclic amines) is 2. The molecule has 0 spiro atoms.